The van der Waals surface area contributed by atoms with Crippen molar-refractivity contribution in [3.05, 3.63) is 82.9 Å². The zero-order chi connectivity index (χ0) is 21.9. The molecule has 0 radical (unpaired) electrons. The molecule has 0 saturated carbocycles. The van der Waals surface area contributed by atoms with Crippen LogP contribution in [-0.4, -0.2) is 21.0 Å². The van der Waals surface area contributed by atoms with Gasteiger partial charge in [-0.3, -0.25) is 0 Å². The molecule has 1 unspecified atom stereocenters. The second kappa shape index (κ2) is 8.43. The Balaban J connectivity index is 2.29. The molecule has 2 N–H and O–H groups in total. The van der Waals surface area contributed by atoms with Crippen LogP contribution in [0, 0.1) is 11.3 Å². The summed E-state index contributed by atoms with van der Waals surface area (Å²) in [5.74, 6) is -1.77. The lowest BCUT2D eigenvalue weighted by atomic mass is 9.83. The molecule has 1 atom stereocenters. The molecular weight excluding hydrogens is 404 g/mol. The van der Waals surface area contributed by atoms with Crippen molar-refractivity contribution in [3.63, 3.8) is 0 Å². The van der Waals surface area contributed by atoms with Gasteiger partial charge in [-0.1, -0.05) is 36.4 Å². The molecular formula is C22H20N2O5S. The molecule has 1 aliphatic heterocycles. The molecule has 0 amide bonds. The van der Waals surface area contributed by atoms with Crippen molar-refractivity contribution >= 4 is 15.8 Å². The smallest absolute Gasteiger partial charge is 0.338 e. The molecule has 2 aromatic rings. The van der Waals surface area contributed by atoms with E-state index in [0.717, 1.165) is 0 Å². The van der Waals surface area contributed by atoms with Crippen molar-refractivity contribution < 1.29 is 22.7 Å². The summed E-state index contributed by atoms with van der Waals surface area (Å²) in [5.41, 5.74) is 6.14. The van der Waals surface area contributed by atoms with E-state index in [1.165, 1.54) is 25.1 Å². The fourth-order valence-corrected chi connectivity index (χ4v) is 4.88. The van der Waals surface area contributed by atoms with Gasteiger partial charge in [-0.25, -0.2) is 13.2 Å². The van der Waals surface area contributed by atoms with Crippen LogP contribution in [0.3, 0.4) is 0 Å². The van der Waals surface area contributed by atoms with Crippen LogP contribution in [0.5, 0.6) is 0 Å². The molecule has 1 heterocycles. The van der Waals surface area contributed by atoms with Gasteiger partial charge in [0.05, 0.1) is 27.9 Å². The number of rotatable bonds is 5. The number of sulfone groups is 1. The summed E-state index contributed by atoms with van der Waals surface area (Å²) < 4.78 is 37.3. The Morgan fingerprint density at radius 1 is 1.17 bits per heavy atom. The number of allylic oxidation sites excluding steroid dienone is 2. The summed E-state index contributed by atoms with van der Waals surface area (Å²) in [6.07, 6.45) is 0. The lowest BCUT2D eigenvalue weighted by Crippen LogP contribution is -2.26. The number of carbonyl (C=O) groups excluding carboxylic acids is 1. The maximum atomic E-state index is 13.4. The summed E-state index contributed by atoms with van der Waals surface area (Å²) in [6.45, 7) is 3.28. The fraction of sp³-hybridized carbons (Fsp3) is 0.182. The Hall–Kier alpha value is -3.57. The average Bonchev–Trinajstić information content (AvgIpc) is 2.74. The normalized spacial score (nSPS) is 16.6. The maximum Gasteiger partial charge on any atom is 0.338 e. The van der Waals surface area contributed by atoms with Crippen molar-refractivity contribution in [3.8, 4) is 6.07 Å². The van der Waals surface area contributed by atoms with E-state index in [1.807, 2.05) is 6.07 Å². The van der Waals surface area contributed by atoms with Crippen molar-refractivity contribution in [2.24, 2.45) is 5.73 Å². The molecule has 3 rings (SSSR count). The number of hydrogen-bond donors (Lipinski definition) is 1. The third-order valence-electron chi connectivity index (χ3n) is 4.67. The molecule has 0 spiro atoms. The first-order valence-electron chi connectivity index (χ1n) is 9.17. The van der Waals surface area contributed by atoms with E-state index in [0.29, 0.717) is 0 Å². The molecule has 2 aromatic carbocycles. The first-order valence-corrected chi connectivity index (χ1v) is 10.7. The topological polar surface area (TPSA) is 119 Å². The third kappa shape index (κ3) is 3.67. The molecule has 1 aliphatic rings. The van der Waals surface area contributed by atoms with Gasteiger partial charge in [-0.05, 0) is 37.6 Å². The second-order valence-corrected chi connectivity index (χ2v) is 8.39. The predicted molar refractivity (Wildman–Crippen MR) is 108 cm³/mol. The van der Waals surface area contributed by atoms with Crippen LogP contribution in [0.25, 0.3) is 0 Å². The number of nitrogens with two attached hydrogens (primary N) is 1. The quantitative estimate of drug-likeness (QED) is 0.732. The summed E-state index contributed by atoms with van der Waals surface area (Å²) in [6, 6.07) is 16.1. The van der Waals surface area contributed by atoms with Crippen LogP contribution >= 0.6 is 0 Å². The summed E-state index contributed by atoms with van der Waals surface area (Å²) in [7, 11) is -3.94. The largest absolute Gasteiger partial charge is 0.463 e. The Bertz CT molecular complexity index is 1190. The van der Waals surface area contributed by atoms with Gasteiger partial charge in [0.1, 0.15) is 17.4 Å². The van der Waals surface area contributed by atoms with Gasteiger partial charge in [-0.15, -0.1) is 0 Å². The van der Waals surface area contributed by atoms with Crippen molar-refractivity contribution in [2.45, 2.75) is 29.6 Å². The Labute approximate surface area is 174 Å². The molecule has 7 nitrogen and oxygen atoms in total. The van der Waals surface area contributed by atoms with E-state index in [9.17, 15) is 18.5 Å². The van der Waals surface area contributed by atoms with Crippen LogP contribution in [0.2, 0.25) is 0 Å². The van der Waals surface area contributed by atoms with Gasteiger partial charge in [0.15, 0.2) is 0 Å². The minimum absolute atomic E-state index is 0.0294. The number of benzene rings is 2. The van der Waals surface area contributed by atoms with Gasteiger partial charge in [-0.2, -0.15) is 5.26 Å². The van der Waals surface area contributed by atoms with Crippen molar-refractivity contribution in [2.75, 3.05) is 6.61 Å². The number of carbonyl (C=O) groups is 1. The van der Waals surface area contributed by atoms with E-state index in [4.69, 9.17) is 15.2 Å². The van der Waals surface area contributed by atoms with E-state index < -0.39 is 21.7 Å². The first-order chi connectivity index (χ1) is 14.3. The van der Waals surface area contributed by atoms with Crippen LogP contribution in [0.1, 0.15) is 25.3 Å². The SMILES string of the molecule is CCOC(=O)C1=C(C)OC(N)=C(C#N)C1c1ccccc1S(=O)(=O)c1ccccc1. The molecule has 0 saturated heterocycles. The number of esters is 1. The van der Waals surface area contributed by atoms with Gasteiger partial charge in [0, 0.05) is 0 Å². The monoisotopic (exact) mass is 424 g/mol. The molecule has 154 valence electrons. The fourth-order valence-electron chi connectivity index (χ4n) is 3.36. The zero-order valence-corrected chi connectivity index (χ0v) is 17.3. The van der Waals surface area contributed by atoms with Crippen molar-refractivity contribution in [1.29, 1.82) is 5.26 Å². The van der Waals surface area contributed by atoms with Crippen LogP contribution in [-0.2, 0) is 24.1 Å². The molecule has 0 fully saturated rings. The highest BCUT2D eigenvalue weighted by atomic mass is 32.2. The van der Waals surface area contributed by atoms with Crippen molar-refractivity contribution in [1.82, 2.24) is 0 Å². The molecule has 8 heteroatoms. The summed E-state index contributed by atoms with van der Waals surface area (Å²) in [5, 5.41) is 9.73. The highest BCUT2D eigenvalue weighted by Gasteiger charge is 2.39. The lowest BCUT2D eigenvalue weighted by Gasteiger charge is -2.28. The predicted octanol–water partition coefficient (Wildman–Crippen LogP) is 3.16. The number of nitrogens with zero attached hydrogens (tertiary/aromatic N) is 1. The second-order valence-electron chi connectivity index (χ2n) is 6.47. The average molecular weight is 424 g/mol. The number of hydrogen-bond acceptors (Lipinski definition) is 7. The maximum absolute atomic E-state index is 13.4. The third-order valence-corrected chi connectivity index (χ3v) is 6.52. The first kappa shape index (κ1) is 21.1. The van der Waals surface area contributed by atoms with E-state index >= 15 is 0 Å². The van der Waals surface area contributed by atoms with Gasteiger partial charge < -0.3 is 15.2 Å². The molecule has 0 aliphatic carbocycles. The Kier molecular flexibility index (Phi) is 5.94. The Morgan fingerprint density at radius 2 is 1.80 bits per heavy atom. The minimum Gasteiger partial charge on any atom is -0.463 e. The lowest BCUT2D eigenvalue weighted by molar-refractivity contribution is -0.139. The molecule has 0 bridgehead atoms. The zero-order valence-electron chi connectivity index (χ0n) is 16.5. The highest BCUT2D eigenvalue weighted by molar-refractivity contribution is 7.91. The number of nitriles is 1. The van der Waals surface area contributed by atoms with E-state index in [-0.39, 0.29) is 44.7 Å². The highest BCUT2D eigenvalue weighted by Crippen LogP contribution is 2.42. The summed E-state index contributed by atoms with van der Waals surface area (Å²) >= 11 is 0. The van der Waals surface area contributed by atoms with Gasteiger partial charge in [0.25, 0.3) is 0 Å². The van der Waals surface area contributed by atoms with E-state index in [1.54, 1.807) is 43.3 Å². The van der Waals surface area contributed by atoms with Gasteiger partial charge in [0.2, 0.25) is 15.7 Å². The number of ether oxygens (including phenoxy) is 2. The molecule has 0 aromatic heterocycles. The van der Waals surface area contributed by atoms with Gasteiger partial charge >= 0.3 is 5.97 Å². The van der Waals surface area contributed by atoms with Crippen LogP contribution in [0.15, 0.2) is 87.2 Å². The van der Waals surface area contributed by atoms with Crippen LogP contribution < -0.4 is 5.73 Å². The van der Waals surface area contributed by atoms with Crippen LogP contribution in [0.4, 0.5) is 0 Å². The summed E-state index contributed by atoms with van der Waals surface area (Å²) in [4.78, 5) is 12.8. The standard InChI is InChI=1S/C22H20N2O5S/c1-3-28-22(25)19-14(2)29-21(24)17(13-23)20(19)16-11-7-8-12-18(16)30(26,27)15-9-5-4-6-10-15/h4-12,20H,3,24H2,1-2H3. The Morgan fingerprint density at radius 3 is 2.43 bits per heavy atom. The minimum atomic E-state index is -3.94. The van der Waals surface area contributed by atoms with E-state index in [2.05, 4.69) is 0 Å². The molecule has 30 heavy (non-hydrogen) atoms.